The van der Waals surface area contributed by atoms with Crippen LogP contribution in [0.3, 0.4) is 0 Å². The first-order valence-corrected chi connectivity index (χ1v) is 10.4. The fourth-order valence-corrected chi connectivity index (χ4v) is 4.13. The predicted octanol–water partition coefficient (Wildman–Crippen LogP) is 2.58. The molecule has 0 spiro atoms. The van der Waals surface area contributed by atoms with Gasteiger partial charge in [-0.05, 0) is 41.3 Å². The molecule has 3 aromatic carbocycles. The third-order valence-electron chi connectivity index (χ3n) is 3.61. The number of nitrogen functional groups attached to an aromatic ring is 1. The van der Waals surface area contributed by atoms with Gasteiger partial charge in [-0.25, -0.2) is 0 Å². The van der Waals surface area contributed by atoms with Gasteiger partial charge < -0.3 is 9.92 Å². The monoisotopic (exact) mass is 393 g/mol. The molecule has 0 unspecified atom stereocenters. The van der Waals surface area contributed by atoms with Crippen LogP contribution in [0.5, 0.6) is 5.75 Å². The number of nitrogens with two attached hydrogens (primary N) is 1. The van der Waals surface area contributed by atoms with Gasteiger partial charge in [0.25, 0.3) is 10.1 Å². The van der Waals surface area contributed by atoms with E-state index in [1.165, 1.54) is 24.3 Å². The van der Waals surface area contributed by atoms with Gasteiger partial charge in [-0.3, -0.25) is 4.55 Å². The second-order valence-corrected chi connectivity index (χ2v) is 8.61. The summed E-state index contributed by atoms with van der Waals surface area (Å²) in [6.07, 6.45) is 0. The normalized spacial score (nSPS) is 12.2. The van der Waals surface area contributed by atoms with Gasteiger partial charge in [-0.2, -0.15) is 16.8 Å². The minimum atomic E-state index is -4.30. The zero-order valence-corrected chi connectivity index (χ0v) is 15.0. The van der Waals surface area contributed by atoms with Gasteiger partial charge in [0.1, 0.15) is 10.6 Å². The molecule has 0 aliphatic rings. The molecule has 7 nitrogen and oxygen atoms in total. The molecule has 136 valence electrons. The Bertz CT molecular complexity index is 1170. The highest BCUT2D eigenvalue weighted by molar-refractivity contribution is 7.87. The average molecular weight is 393 g/mol. The summed E-state index contributed by atoms with van der Waals surface area (Å²) in [6, 6.07) is 15.1. The molecule has 0 aliphatic heterocycles. The SMILES string of the molecule is Nc1cccc2cc(CS(=O)(=O)O)cc(OS(=O)(=O)c3ccccc3)c12. The van der Waals surface area contributed by atoms with Gasteiger partial charge in [0.2, 0.25) is 0 Å². The molecule has 0 atom stereocenters. The Balaban J connectivity index is 2.17. The van der Waals surface area contributed by atoms with Crippen molar-refractivity contribution in [3.05, 3.63) is 66.2 Å². The molecule has 3 aromatic rings. The van der Waals surface area contributed by atoms with E-state index in [0.717, 1.165) is 0 Å². The molecule has 0 fully saturated rings. The summed E-state index contributed by atoms with van der Waals surface area (Å²) in [5.74, 6) is -0.789. The molecule has 0 saturated carbocycles. The molecule has 3 N–H and O–H groups in total. The van der Waals surface area contributed by atoms with E-state index in [2.05, 4.69) is 0 Å². The molecule has 0 aromatic heterocycles. The summed E-state index contributed by atoms with van der Waals surface area (Å²) >= 11 is 0. The van der Waals surface area contributed by atoms with Gasteiger partial charge in [-0.15, -0.1) is 0 Å². The van der Waals surface area contributed by atoms with E-state index in [0.29, 0.717) is 10.8 Å². The third-order valence-corrected chi connectivity index (χ3v) is 5.56. The highest BCUT2D eigenvalue weighted by Crippen LogP contribution is 2.34. The quantitative estimate of drug-likeness (QED) is 0.388. The minimum Gasteiger partial charge on any atom is -0.398 e. The summed E-state index contributed by atoms with van der Waals surface area (Å²) in [7, 11) is -8.45. The van der Waals surface area contributed by atoms with Crippen molar-refractivity contribution in [2.45, 2.75) is 10.6 Å². The number of fused-ring (bicyclic) bond motifs is 1. The lowest BCUT2D eigenvalue weighted by atomic mass is 10.1. The summed E-state index contributed by atoms with van der Waals surface area (Å²) in [5, 5.41) is 0.829. The second-order valence-electron chi connectivity index (χ2n) is 5.62. The molecule has 0 radical (unpaired) electrons. The van der Waals surface area contributed by atoms with Gasteiger partial charge in [0, 0.05) is 11.1 Å². The van der Waals surface area contributed by atoms with Crippen LogP contribution in [0.2, 0.25) is 0 Å². The molecule has 3 rings (SSSR count). The molecule has 0 bridgehead atoms. The highest BCUT2D eigenvalue weighted by Gasteiger charge is 2.20. The van der Waals surface area contributed by atoms with Crippen LogP contribution in [0.1, 0.15) is 5.56 Å². The maximum atomic E-state index is 12.5. The Kier molecular flexibility index (Phi) is 4.61. The first-order valence-electron chi connectivity index (χ1n) is 7.41. The van der Waals surface area contributed by atoms with E-state index in [1.54, 1.807) is 36.4 Å². The first-order chi connectivity index (χ1) is 12.2. The number of rotatable bonds is 5. The van der Waals surface area contributed by atoms with Crippen molar-refractivity contribution >= 4 is 36.7 Å². The van der Waals surface area contributed by atoms with Crippen molar-refractivity contribution in [2.24, 2.45) is 0 Å². The lowest BCUT2D eigenvalue weighted by molar-refractivity contribution is 0.482. The Labute approximate surface area is 150 Å². The number of hydrogen-bond acceptors (Lipinski definition) is 6. The summed E-state index contributed by atoms with van der Waals surface area (Å²) in [5.41, 5.74) is 6.40. The number of anilines is 1. The van der Waals surface area contributed by atoms with Crippen LogP contribution in [0.25, 0.3) is 10.8 Å². The maximum absolute atomic E-state index is 12.5. The molecule has 9 heteroatoms. The Morgan fingerprint density at radius 2 is 1.62 bits per heavy atom. The molecule has 26 heavy (non-hydrogen) atoms. The van der Waals surface area contributed by atoms with Gasteiger partial charge in [-0.1, -0.05) is 30.3 Å². The van der Waals surface area contributed by atoms with Crippen molar-refractivity contribution in [1.82, 2.24) is 0 Å². The van der Waals surface area contributed by atoms with E-state index < -0.39 is 26.0 Å². The van der Waals surface area contributed by atoms with Crippen molar-refractivity contribution in [1.29, 1.82) is 0 Å². The first kappa shape index (κ1) is 18.2. The lowest BCUT2D eigenvalue weighted by Gasteiger charge is -2.13. The Morgan fingerprint density at radius 1 is 0.923 bits per heavy atom. The second kappa shape index (κ2) is 6.60. The van der Waals surface area contributed by atoms with Crippen LogP contribution in [-0.4, -0.2) is 21.4 Å². The fraction of sp³-hybridized carbons (Fsp3) is 0.0588. The zero-order chi connectivity index (χ0) is 18.9. The van der Waals surface area contributed by atoms with Crippen LogP contribution < -0.4 is 9.92 Å². The molecular weight excluding hydrogens is 378 g/mol. The maximum Gasteiger partial charge on any atom is 0.339 e. The van der Waals surface area contributed by atoms with Gasteiger partial charge in [0.05, 0.1) is 0 Å². The number of hydrogen-bond donors (Lipinski definition) is 2. The fourth-order valence-electron chi connectivity index (χ4n) is 2.59. The van der Waals surface area contributed by atoms with Gasteiger partial charge >= 0.3 is 10.1 Å². The minimum absolute atomic E-state index is 0.0529. The van der Waals surface area contributed by atoms with Crippen molar-refractivity contribution in [3.63, 3.8) is 0 Å². The van der Waals surface area contributed by atoms with Crippen LogP contribution in [0.15, 0.2) is 65.6 Å². The van der Waals surface area contributed by atoms with E-state index >= 15 is 0 Å². The van der Waals surface area contributed by atoms with Crippen LogP contribution in [0, 0.1) is 0 Å². The molecule has 0 aliphatic carbocycles. The van der Waals surface area contributed by atoms with Crippen molar-refractivity contribution in [3.8, 4) is 5.75 Å². The lowest BCUT2D eigenvalue weighted by Crippen LogP contribution is -2.11. The molecule has 0 heterocycles. The van der Waals surface area contributed by atoms with E-state index in [1.807, 2.05) is 0 Å². The highest BCUT2D eigenvalue weighted by atomic mass is 32.2. The topological polar surface area (TPSA) is 124 Å². The van der Waals surface area contributed by atoms with Crippen LogP contribution in [0.4, 0.5) is 5.69 Å². The van der Waals surface area contributed by atoms with E-state index in [-0.39, 0.29) is 21.9 Å². The molecule has 0 saturated heterocycles. The largest absolute Gasteiger partial charge is 0.398 e. The van der Waals surface area contributed by atoms with E-state index in [4.69, 9.17) is 14.5 Å². The average Bonchev–Trinajstić information content (AvgIpc) is 2.53. The standard InChI is InChI=1S/C17H15NO6S2/c18-15-8-4-5-13-9-12(11-25(19,20)21)10-16(17(13)15)24-26(22,23)14-6-2-1-3-7-14/h1-10H,11,18H2,(H,19,20,21). The van der Waals surface area contributed by atoms with Gasteiger partial charge in [0.15, 0.2) is 5.75 Å². The predicted molar refractivity (Wildman–Crippen MR) is 97.9 cm³/mol. The summed E-state index contributed by atoms with van der Waals surface area (Å²) < 4.78 is 61.8. The number of benzene rings is 3. The van der Waals surface area contributed by atoms with Crippen molar-refractivity contribution < 1.29 is 25.6 Å². The van der Waals surface area contributed by atoms with E-state index in [9.17, 15) is 16.8 Å². The molecule has 0 amide bonds. The Morgan fingerprint density at radius 3 is 2.27 bits per heavy atom. The molecular formula is C17H15NO6S2. The van der Waals surface area contributed by atoms with Crippen molar-refractivity contribution in [2.75, 3.05) is 5.73 Å². The van der Waals surface area contributed by atoms with Crippen LogP contribution in [-0.2, 0) is 26.0 Å². The summed E-state index contributed by atoms with van der Waals surface area (Å²) in [4.78, 5) is -0.0529. The Hall–Kier alpha value is -2.62. The summed E-state index contributed by atoms with van der Waals surface area (Å²) in [6.45, 7) is 0. The zero-order valence-electron chi connectivity index (χ0n) is 13.4. The van der Waals surface area contributed by atoms with Crippen LogP contribution >= 0.6 is 0 Å². The third kappa shape index (κ3) is 3.96. The smallest absolute Gasteiger partial charge is 0.339 e.